The van der Waals surface area contributed by atoms with Gasteiger partial charge in [0.25, 0.3) is 0 Å². The smallest absolute Gasteiger partial charge is 0.236 e. The van der Waals surface area contributed by atoms with Crippen LogP contribution in [-0.2, 0) is 4.79 Å². The summed E-state index contributed by atoms with van der Waals surface area (Å²) < 4.78 is 0. The molecule has 0 heterocycles. The van der Waals surface area contributed by atoms with Crippen LogP contribution in [-0.4, -0.2) is 30.2 Å². The lowest BCUT2D eigenvalue weighted by Crippen LogP contribution is -2.41. The quantitative estimate of drug-likeness (QED) is 0.591. The van der Waals surface area contributed by atoms with Crippen molar-refractivity contribution in [3.8, 4) is 0 Å². The number of amides is 1. The summed E-state index contributed by atoms with van der Waals surface area (Å²) >= 11 is 0. The number of nitrogens with one attached hydrogen (secondary N) is 1. The van der Waals surface area contributed by atoms with Crippen LogP contribution in [0.15, 0.2) is 0 Å². The van der Waals surface area contributed by atoms with Crippen molar-refractivity contribution in [3.63, 3.8) is 0 Å². The lowest BCUT2D eigenvalue weighted by molar-refractivity contribution is -0.122. The molecule has 0 saturated heterocycles. The first-order chi connectivity index (χ1) is 6.65. The third-order valence-electron chi connectivity index (χ3n) is 3.00. The zero-order chi connectivity index (χ0) is 10.6. The van der Waals surface area contributed by atoms with E-state index in [1.165, 1.54) is 0 Å². The summed E-state index contributed by atoms with van der Waals surface area (Å²) in [6.07, 6.45) is 3.34. The zero-order valence-corrected chi connectivity index (χ0v) is 8.70. The van der Waals surface area contributed by atoms with Crippen molar-refractivity contribution < 1.29 is 9.90 Å². The van der Waals surface area contributed by atoms with Crippen molar-refractivity contribution in [2.45, 2.75) is 32.2 Å². The highest BCUT2D eigenvalue weighted by molar-refractivity contribution is 5.80. The third-order valence-corrected chi connectivity index (χ3v) is 3.00. The molecule has 1 fully saturated rings. The minimum Gasteiger partial charge on any atom is -0.396 e. The van der Waals surface area contributed by atoms with Gasteiger partial charge in [-0.2, -0.15) is 0 Å². The molecule has 2 unspecified atom stereocenters. The van der Waals surface area contributed by atoms with E-state index < -0.39 is 6.04 Å². The Labute approximate surface area is 84.9 Å². The molecule has 1 saturated carbocycles. The molecule has 0 aromatic heterocycles. The van der Waals surface area contributed by atoms with E-state index in [1.807, 2.05) is 0 Å². The minimum absolute atomic E-state index is 0.103. The molecule has 14 heavy (non-hydrogen) atoms. The highest BCUT2D eigenvalue weighted by Gasteiger charge is 2.26. The van der Waals surface area contributed by atoms with Gasteiger partial charge < -0.3 is 16.2 Å². The van der Waals surface area contributed by atoms with Crippen molar-refractivity contribution in [2.24, 2.45) is 17.6 Å². The molecule has 3 atom stereocenters. The highest BCUT2D eigenvalue weighted by atomic mass is 16.3. The average molecular weight is 200 g/mol. The number of hydrogen-bond acceptors (Lipinski definition) is 3. The van der Waals surface area contributed by atoms with E-state index in [-0.39, 0.29) is 12.5 Å². The summed E-state index contributed by atoms with van der Waals surface area (Å²) in [5, 5.41) is 11.9. The molecule has 0 aromatic carbocycles. The standard InChI is InChI=1S/C10H20N2O2/c1-7(11)10(14)12-5-8-3-2-4-9(8)6-13/h7-9,13H,2-6,11H2,1H3,(H,12,14)/t7-,8?,9?/m1/s1. The molecule has 0 radical (unpaired) electrons. The first kappa shape index (κ1) is 11.5. The van der Waals surface area contributed by atoms with Gasteiger partial charge in [-0.3, -0.25) is 4.79 Å². The van der Waals surface area contributed by atoms with E-state index in [2.05, 4.69) is 5.32 Å². The van der Waals surface area contributed by atoms with Crippen LogP contribution in [0.1, 0.15) is 26.2 Å². The number of carbonyl (C=O) groups is 1. The maximum absolute atomic E-state index is 11.2. The van der Waals surface area contributed by atoms with Gasteiger partial charge in [0, 0.05) is 13.2 Å². The fourth-order valence-electron chi connectivity index (χ4n) is 2.02. The van der Waals surface area contributed by atoms with E-state index in [0.717, 1.165) is 19.3 Å². The largest absolute Gasteiger partial charge is 0.396 e. The maximum Gasteiger partial charge on any atom is 0.236 e. The predicted molar refractivity (Wildman–Crippen MR) is 54.6 cm³/mol. The summed E-state index contributed by atoms with van der Waals surface area (Å²) in [4.78, 5) is 11.2. The molecule has 1 rings (SSSR count). The van der Waals surface area contributed by atoms with Crippen molar-refractivity contribution in [1.29, 1.82) is 0 Å². The van der Waals surface area contributed by atoms with Crippen molar-refractivity contribution in [1.82, 2.24) is 5.32 Å². The SMILES string of the molecule is C[C@@H](N)C(=O)NCC1CCCC1CO. The van der Waals surface area contributed by atoms with Crippen LogP contribution in [0.2, 0.25) is 0 Å². The summed E-state index contributed by atoms with van der Waals surface area (Å²) in [7, 11) is 0. The number of aliphatic hydroxyl groups excluding tert-OH is 1. The predicted octanol–water partition coefficient (Wildman–Crippen LogP) is -0.142. The number of rotatable bonds is 4. The second-order valence-corrected chi connectivity index (χ2v) is 4.17. The summed E-state index contributed by atoms with van der Waals surface area (Å²) in [6, 6.07) is -0.441. The number of nitrogens with two attached hydrogens (primary N) is 1. The molecule has 4 heteroatoms. The first-order valence-corrected chi connectivity index (χ1v) is 5.29. The second-order valence-electron chi connectivity index (χ2n) is 4.17. The van der Waals surface area contributed by atoms with E-state index in [9.17, 15) is 4.79 Å². The Morgan fingerprint density at radius 1 is 1.57 bits per heavy atom. The Balaban J connectivity index is 2.27. The highest BCUT2D eigenvalue weighted by Crippen LogP contribution is 2.30. The molecule has 4 nitrogen and oxygen atoms in total. The average Bonchev–Trinajstić information content (AvgIpc) is 2.60. The van der Waals surface area contributed by atoms with Crippen LogP contribution in [0.25, 0.3) is 0 Å². The van der Waals surface area contributed by atoms with Gasteiger partial charge in [-0.15, -0.1) is 0 Å². The molecule has 1 amide bonds. The van der Waals surface area contributed by atoms with Crippen molar-refractivity contribution >= 4 is 5.91 Å². The topological polar surface area (TPSA) is 75.4 Å². The molecule has 0 aliphatic heterocycles. The van der Waals surface area contributed by atoms with Gasteiger partial charge in [-0.05, 0) is 31.6 Å². The van der Waals surface area contributed by atoms with Crippen LogP contribution < -0.4 is 11.1 Å². The van der Waals surface area contributed by atoms with E-state index >= 15 is 0 Å². The van der Waals surface area contributed by atoms with Crippen LogP contribution in [0.3, 0.4) is 0 Å². The molecule has 0 bridgehead atoms. The number of carbonyl (C=O) groups excluding carboxylic acids is 1. The van der Waals surface area contributed by atoms with Gasteiger partial charge in [0.1, 0.15) is 0 Å². The Morgan fingerprint density at radius 2 is 2.21 bits per heavy atom. The van der Waals surface area contributed by atoms with Gasteiger partial charge in [0.2, 0.25) is 5.91 Å². The van der Waals surface area contributed by atoms with Gasteiger partial charge >= 0.3 is 0 Å². The Hall–Kier alpha value is -0.610. The minimum atomic E-state index is -0.441. The molecule has 0 aromatic rings. The molecular formula is C10H20N2O2. The van der Waals surface area contributed by atoms with Gasteiger partial charge in [0.05, 0.1) is 6.04 Å². The molecule has 82 valence electrons. The van der Waals surface area contributed by atoms with Gasteiger partial charge in [0.15, 0.2) is 0 Å². The van der Waals surface area contributed by atoms with Crippen LogP contribution in [0.5, 0.6) is 0 Å². The Morgan fingerprint density at radius 3 is 2.79 bits per heavy atom. The summed E-state index contributed by atoms with van der Waals surface area (Å²) in [5.74, 6) is 0.694. The maximum atomic E-state index is 11.2. The molecule has 0 spiro atoms. The van der Waals surface area contributed by atoms with Crippen LogP contribution >= 0.6 is 0 Å². The Bertz CT molecular complexity index is 195. The normalized spacial score (nSPS) is 28.8. The summed E-state index contributed by atoms with van der Waals surface area (Å²) in [6.45, 7) is 2.57. The molecular weight excluding hydrogens is 180 g/mol. The van der Waals surface area contributed by atoms with Crippen LogP contribution in [0.4, 0.5) is 0 Å². The van der Waals surface area contributed by atoms with Crippen molar-refractivity contribution in [2.75, 3.05) is 13.2 Å². The third kappa shape index (κ3) is 2.96. The first-order valence-electron chi connectivity index (χ1n) is 5.29. The van der Waals surface area contributed by atoms with E-state index in [4.69, 9.17) is 10.8 Å². The lowest BCUT2D eigenvalue weighted by atomic mass is 9.97. The van der Waals surface area contributed by atoms with E-state index in [0.29, 0.717) is 18.4 Å². The van der Waals surface area contributed by atoms with Gasteiger partial charge in [-0.25, -0.2) is 0 Å². The number of hydrogen-bond donors (Lipinski definition) is 3. The monoisotopic (exact) mass is 200 g/mol. The summed E-state index contributed by atoms with van der Waals surface area (Å²) in [5.41, 5.74) is 5.43. The lowest BCUT2D eigenvalue weighted by Gasteiger charge is -2.18. The van der Waals surface area contributed by atoms with Gasteiger partial charge in [-0.1, -0.05) is 6.42 Å². The number of aliphatic hydroxyl groups is 1. The molecule has 1 aliphatic carbocycles. The van der Waals surface area contributed by atoms with Crippen LogP contribution in [0, 0.1) is 11.8 Å². The van der Waals surface area contributed by atoms with Crippen molar-refractivity contribution in [3.05, 3.63) is 0 Å². The second kappa shape index (κ2) is 5.32. The zero-order valence-electron chi connectivity index (χ0n) is 8.70. The van der Waals surface area contributed by atoms with E-state index in [1.54, 1.807) is 6.92 Å². The molecule has 1 aliphatic rings. The fraction of sp³-hybridized carbons (Fsp3) is 0.900. The fourth-order valence-corrected chi connectivity index (χ4v) is 2.02. The Kier molecular flexibility index (Phi) is 4.35. The molecule has 4 N–H and O–H groups in total.